The zero-order valence-electron chi connectivity index (χ0n) is 8.80. The summed E-state index contributed by atoms with van der Waals surface area (Å²) in [6, 6.07) is 2.33. The summed E-state index contributed by atoms with van der Waals surface area (Å²) in [6.07, 6.45) is 1.50. The van der Waals surface area contributed by atoms with E-state index in [1.807, 2.05) is 20.8 Å². The van der Waals surface area contributed by atoms with Gasteiger partial charge in [-0.05, 0) is 25.3 Å². The second-order valence-corrected chi connectivity index (χ2v) is 3.60. The molecule has 0 aliphatic heterocycles. The first-order chi connectivity index (χ1) is 6.13. The predicted octanol–water partition coefficient (Wildman–Crippen LogP) is 1.29. The van der Waals surface area contributed by atoms with Gasteiger partial charge in [-0.1, -0.05) is 20.8 Å². The van der Waals surface area contributed by atoms with Gasteiger partial charge in [-0.2, -0.15) is 5.26 Å². The third-order valence-corrected chi connectivity index (χ3v) is 2.52. The van der Waals surface area contributed by atoms with Crippen LogP contribution in [0.5, 0.6) is 0 Å². The molecule has 0 fully saturated rings. The summed E-state index contributed by atoms with van der Waals surface area (Å²) in [5.41, 5.74) is -0.421. The van der Waals surface area contributed by atoms with Crippen molar-refractivity contribution in [2.24, 2.45) is 5.92 Å². The minimum atomic E-state index is -0.421. The zero-order chi connectivity index (χ0) is 10.3. The van der Waals surface area contributed by atoms with E-state index in [0.717, 1.165) is 6.42 Å². The number of aliphatic hydroxyl groups is 1. The molecule has 1 unspecified atom stereocenters. The Morgan fingerprint density at radius 1 is 1.54 bits per heavy atom. The molecule has 0 aromatic rings. The lowest BCUT2D eigenvalue weighted by Crippen LogP contribution is -2.48. The van der Waals surface area contributed by atoms with Crippen LogP contribution in [0.15, 0.2) is 0 Å². The van der Waals surface area contributed by atoms with Crippen LogP contribution in [0.2, 0.25) is 0 Å². The lowest BCUT2D eigenvalue weighted by molar-refractivity contribution is 0.258. The molecule has 76 valence electrons. The van der Waals surface area contributed by atoms with Gasteiger partial charge in [0.15, 0.2) is 0 Å². The Labute approximate surface area is 80.8 Å². The Hall–Kier alpha value is -0.590. The molecule has 0 radical (unpaired) electrons. The van der Waals surface area contributed by atoms with Crippen molar-refractivity contribution in [2.45, 2.75) is 39.2 Å². The van der Waals surface area contributed by atoms with E-state index < -0.39 is 5.54 Å². The van der Waals surface area contributed by atoms with E-state index in [1.54, 1.807) is 0 Å². The highest BCUT2D eigenvalue weighted by atomic mass is 16.3. The zero-order valence-corrected chi connectivity index (χ0v) is 8.80. The first-order valence-electron chi connectivity index (χ1n) is 4.90. The Morgan fingerprint density at radius 2 is 2.15 bits per heavy atom. The highest BCUT2D eigenvalue weighted by Gasteiger charge is 2.30. The quantitative estimate of drug-likeness (QED) is 0.611. The van der Waals surface area contributed by atoms with Gasteiger partial charge >= 0.3 is 0 Å². The standard InChI is InChI=1S/C10H20N2O/c1-4-10(8-11,9(2)3)12-6-5-7-13/h9,12-13H,4-7H2,1-3H3. The summed E-state index contributed by atoms with van der Waals surface area (Å²) in [5.74, 6) is 0.293. The molecule has 0 aromatic carbocycles. The molecule has 13 heavy (non-hydrogen) atoms. The molecule has 0 saturated carbocycles. The van der Waals surface area contributed by atoms with Crippen LogP contribution >= 0.6 is 0 Å². The van der Waals surface area contributed by atoms with Gasteiger partial charge in [-0.25, -0.2) is 0 Å². The maximum absolute atomic E-state index is 9.07. The highest BCUT2D eigenvalue weighted by Crippen LogP contribution is 2.19. The van der Waals surface area contributed by atoms with Crippen LogP contribution in [0.25, 0.3) is 0 Å². The van der Waals surface area contributed by atoms with Crippen LogP contribution in [-0.2, 0) is 0 Å². The average Bonchev–Trinajstić information content (AvgIpc) is 2.13. The third kappa shape index (κ3) is 3.33. The monoisotopic (exact) mass is 184 g/mol. The van der Waals surface area contributed by atoms with E-state index in [2.05, 4.69) is 11.4 Å². The average molecular weight is 184 g/mol. The van der Waals surface area contributed by atoms with E-state index >= 15 is 0 Å². The summed E-state index contributed by atoms with van der Waals surface area (Å²) in [7, 11) is 0. The van der Waals surface area contributed by atoms with Gasteiger partial charge < -0.3 is 5.11 Å². The molecule has 0 aliphatic carbocycles. The first kappa shape index (κ1) is 12.4. The van der Waals surface area contributed by atoms with Gasteiger partial charge in [-0.3, -0.25) is 5.32 Å². The Kier molecular flexibility index (Phi) is 5.68. The smallest absolute Gasteiger partial charge is 0.108 e. The van der Waals surface area contributed by atoms with Crippen molar-refractivity contribution in [1.82, 2.24) is 5.32 Å². The fourth-order valence-corrected chi connectivity index (χ4v) is 1.38. The number of hydrogen-bond acceptors (Lipinski definition) is 3. The molecule has 3 nitrogen and oxygen atoms in total. The van der Waals surface area contributed by atoms with Crippen molar-refractivity contribution >= 4 is 0 Å². The second-order valence-electron chi connectivity index (χ2n) is 3.60. The summed E-state index contributed by atoms with van der Waals surface area (Å²) >= 11 is 0. The summed E-state index contributed by atoms with van der Waals surface area (Å²) < 4.78 is 0. The van der Waals surface area contributed by atoms with Crippen molar-refractivity contribution in [1.29, 1.82) is 5.26 Å². The maximum Gasteiger partial charge on any atom is 0.108 e. The molecule has 1 atom stereocenters. The van der Waals surface area contributed by atoms with E-state index in [1.165, 1.54) is 0 Å². The van der Waals surface area contributed by atoms with Gasteiger partial charge in [0.05, 0.1) is 6.07 Å². The molecule has 0 bridgehead atoms. The van der Waals surface area contributed by atoms with Crippen LogP contribution in [0.1, 0.15) is 33.6 Å². The van der Waals surface area contributed by atoms with Crippen LogP contribution in [0.4, 0.5) is 0 Å². The van der Waals surface area contributed by atoms with Crippen molar-refractivity contribution in [3.05, 3.63) is 0 Å². The molecule has 2 N–H and O–H groups in total. The van der Waals surface area contributed by atoms with E-state index in [0.29, 0.717) is 18.9 Å². The Balaban J connectivity index is 4.17. The molecule has 0 aliphatic rings. The normalized spacial score (nSPS) is 15.4. The fraction of sp³-hybridized carbons (Fsp3) is 0.900. The number of nitriles is 1. The molecule has 3 heteroatoms. The molecule has 0 spiro atoms. The molecule has 0 aromatic heterocycles. The fourth-order valence-electron chi connectivity index (χ4n) is 1.38. The molecular weight excluding hydrogens is 164 g/mol. The second kappa shape index (κ2) is 5.95. The largest absolute Gasteiger partial charge is 0.396 e. The van der Waals surface area contributed by atoms with Crippen LogP contribution < -0.4 is 5.32 Å². The maximum atomic E-state index is 9.07. The lowest BCUT2D eigenvalue weighted by Gasteiger charge is -2.30. The van der Waals surface area contributed by atoms with Crippen molar-refractivity contribution in [2.75, 3.05) is 13.2 Å². The highest BCUT2D eigenvalue weighted by molar-refractivity contribution is 5.08. The van der Waals surface area contributed by atoms with Crippen molar-refractivity contribution in [3.8, 4) is 6.07 Å². The predicted molar refractivity (Wildman–Crippen MR) is 53.2 cm³/mol. The molecule has 0 amide bonds. The first-order valence-corrected chi connectivity index (χ1v) is 4.90. The number of nitrogens with one attached hydrogen (secondary N) is 1. The van der Waals surface area contributed by atoms with E-state index in [4.69, 9.17) is 10.4 Å². The summed E-state index contributed by atoms with van der Waals surface area (Å²) in [4.78, 5) is 0. The van der Waals surface area contributed by atoms with Crippen LogP contribution in [0.3, 0.4) is 0 Å². The van der Waals surface area contributed by atoms with Crippen LogP contribution in [0, 0.1) is 17.2 Å². The van der Waals surface area contributed by atoms with Gasteiger partial charge in [0.1, 0.15) is 5.54 Å². The Morgan fingerprint density at radius 3 is 2.46 bits per heavy atom. The molecule has 0 heterocycles. The van der Waals surface area contributed by atoms with Crippen LogP contribution in [-0.4, -0.2) is 23.8 Å². The van der Waals surface area contributed by atoms with Crippen molar-refractivity contribution < 1.29 is 5.11 Å². The summed E-state index contributed by atoms with van der Waals surface area (Å²) in [5, 5.41) is 20.9. The SMILES string of the molecule is CCC(C#N)(NCCCO)C(C)C. The van der Waals surface area contributed by atoms with E-state index in [9.17, 15) is 0 Å². The Bertz CT molecular complexity index is 174. The van der Waals surface area contributed by atoms with Gasteiger partial charge in [0, 0.05) is 6.61 Å². The lowest BCUT2D eigenvalue weighted by atomic mass is 9.85. The summed E-state index contributed by atoms with van der Waals surface area (Å²) in [6.45, 7) is 6.97. The number of rotatable bonds is 6. The van der Waals surface area contributed by atoms with Gasteiger partial charge in [0.2, 0.25) is 0 Å². The molecule has 0 rings (SSSR count). The minimum absolute atomic E-state index is 0.177. The number of aliphatic hydroxyl groups excluding tert-OH is 1. The molecular formula is C10H20N2O. The van der Waals surface area contributed by atoms with Gasteiger partial charge in [0.25, 0.3) is 0 Å². The van der Waals surface area contributed by atoms with E-state index in [-0.39, 0.29) is 6.61 Å². The minimum Gasteiger partial charge on any atom is -0.396 e. The van der Waals surface area contributed by atoms with Crippen molar-refractivity contribution in [3.63, 3.8) is 0 Å². The number of hydrogen-bond donors (Lipinski definition) is 2. The third-order valence-electron chi connectivity index (χ3n) is 2.52. The number of nitrogens with zero attached hydrogens (tertiary/aromatic N) is 1. The topological polar surface area (TPSA) is 56.0 Å². The molecule has 0 saturated heterocycles. The van der Waals surface area contributed by atoms with Gasteiger partial charge in [-0.15, -0.1) is 0 Å².